The zero-order chi connectivity index (χ0) is 14.4. The van der Waals surface area contributed by atoms with Crippen LogP contribution in [-0.4, -0.2) is 28.6 Å². The molecular formula is C16H22N2O2. The lowest BCUT2D eigenvalue weighted by Gasteiger charge is -2.13. The number of nitrogens with one attached hydrogen (secondary N) is 2. The molecule has 0 unspecified atom stereocenters. The van der Waals surface area contributed by atoms with Crippen LogP contribution in [0.25, 0.3) is 10.9 Å². The van der Waals surface area contributed by atoms with E-state index in [4.69, 9.17) is 5.11 Å². The van der Waals surface area contributed by atoms with Crippen molar-refractivity contribution < 1.29 is 9.90 Å². The number of para-hydroxylation sites is 1. The molecule has 20 heavy (non-hydrogen) atoms. The number of fused-ring (bicyclic) bond motifs is 1. The maximum absolute atomic E-state index is 11.7. The Kier molecular flexibility index (Phi) is 5.18. The van der Waals surface area contributed by atoms with Crippen molar-refractivity contribution in [3.8, 4) is 0 Å². The molecule has 1 aromatic carbocycles. The standard InChI is InChI=1S/C16H22N2O2/c1-2-13(11-19)18-16(20)9-5-6-12-10-17-15-8-4-3-7-14(12)15/h3-4,7-8,10,13,17,19H,2,5-6,9,11H2,1H3,(H,18,20)/t13-/m1/s1. The fraction of sp³-hybridized carbons (Fsp3) is 0.438. The molecule has 3 N–H and O–H groups in total. The molecule has 0 radical (unpaired) electrons. The lowest BCUT2D eigenvalue weighted by molar-refractivity contribution is -0.122. The van der Waals surface area contributed by atoms with Gasteiger partial charge in [0.1, 0.15) is 0 Å². The average molecular weight is 274 g/mol. The van der Waals surface area contributed by atoms with Gasteiger partial charge in [-0.15, -0.1) is 0 Å². The van der Waals surface area contributed by atoms with Crippen LogP contribution >= 0.6 is 0 Å². The Morgan fingerprint density at radius 2 is 2.20 bits per heavy atom. The second kappa shape index (κ2) is 7.10. The monoisotopic (exact) mass is 274 g/mol. The van der Waals surface area contributed by atoms with Gasteiger partial charge in [0, 0.05) is 23.5 Å². The number of amides is 1. The van der Waals surface area contributed by atoms with Gasteiger partial charge in [-0.3, -0.25) is 4.79 Å². The first-order valence-electron chi connectivity index (χ1n) is 7.19. The van der Waals surface area contributed by atoms with E-state index in [2.05, 4.69) is 22.4 Å². The van der Waals surface area contributed by atoms with E-state index in [1.165, 1.54) is 10.9 Å². The molecule has 2 rings (SSSR count). The van der Waals surface area contributed by atoms with Gasteiger partial charge < -0.3 is 15.4 Å². The van der Waals surface area contributed by atoms with E-state index in [1.807, 2.05) is 25.3 Å². The second-order valence-electron chi connectivity index (χ2n) is 5.07. The number of aromatic nitrogens is 1. The van der Waals surface area contributed by atoms with Crippen molar-refractivity contribution in [2.24, 2.45) is 0 Å². The number of H-pyrrole nitrogens is 1. The first-order chi connectivity index (χ1) is 9.74. The third-order valence-electron chi connectivity index (χ3n) is 3.60. The number of rotatable bonds is 7. The molecule has 0 fully saturated rings. The summed E-state index contributed by atoms with van der Waals surface area (Å²) in [7, 11) is 0. The van der Waals surface area contributed by atoms with Crippen molar-refractivity contribution in [2.45, 2.75) is 38.6 Å². The first kappa shape index (κ1) is 14.6. The van der Waals surface area contributed by atoms with Crippen molar-refractivity contribution in [3.05, 3.63) is 36.0 Å². The summed E-state index contributed by atoms with van der Waals surface area (Å²) in [5, 5.41) is 13.1. The van der Waals surface area contributed by atoms with Gasteiger partial charge in [-0.25, -0.2) is 0 Å². The Labute approximate surface area is 119 Å². The van der Waals surface area contributed by atoms with Gasteiger partial charge in [-0.05, 0) is 30.9 Å². The van der Waals surface area contributed by atoms with E-state index < -0.39 is 0 Å². The summed E-state index contributed by atoms with van der Waals surface area (Å²) in [5.41, 5.74) is 2.39. The second-order valence-corrected chi connectivity index (χ2v) is 5.07. The van der Waals surface area contributed by atoms with Crippen LogP contribution in [0.2, 0.25) is 0 Å². The zero-order valence-electron chi connectivity index (χ0n) is 11.9. The molecule has 1 amide bonds. The summed E-state index contributed by atoms with van der Waals surface area (Å²) < 4.78 is 0. The van der Waals surface area contributed by atoms with E-state index in [-0.39, 0.29) is 18.6 Å². The molecule has 1 heterocycles. The molecule has 0 saturated carbocycles. The third-order valence-corrected chi connectivity index (χ3v) is 3.60. The number of aromatic amines is 1. The van der Waals surface area contributed by atoms with Gasteiger partial charge in [-0.2, -0.15) is 0 Å². The molecule has 2 aromatic rings. The molecule has 0 saturated heterocycles. The first-order valence-corrected chi connectivity index (χ1v) is 7.19. The normalized spacial score (nSPS) is 12.5. The Morgan fingerprint density at radius 1 is 1.40 bits per heavy atom. The topological polar surface area (TPSA) is 65.1 Å². The highest BCUT2D eigenvalue weighted by molar-refractivity contribution is 5.83. The van der Waals surface area contributed by atoms with Crippen LogP contribution in [0.15, 0.2) is 30.5 Å². The van der Waals surface area contributed by atoms with Crippen molar-refractivity contribution in [1.29, 1.82) is 0 Å². The lowest BCUT2D eigenvalue weighted by atomic mass is 10.1. The highest BCUT2D eigenvalue weighted by atomic mass is 16.3. The molecular weight excluding hydrogens is 252 g/mol. The molecule has 0 aliphatic heterocycles. The SMILES string of the molecule is CC[C@H](CO)NC(=O)CCCc1c[nH]c2ccccc12. The Bertz CT molecular complexity index is 558. The van der Waals surface area contributed by atoms with Crippen LogP contribution in [0.5, 0.6) is 0 Å². The number of carbonyl (C=O) groups is 1. The maximum atomic E-state index is 11.7. The van der Waals surface area contributed by atoms with Crippen LogP contribution in [-0.2, 0) is 11.2 Å². The summed E-state index contributed by atoms with van der Waals surface area (Å²) in [4.78, 5) is 15.0. The van der Waals surface area contributed by atoms with Crippen molar-refractivity contribution >= 4 is 16.8 Å². The van der Waals surface area contributed by atoms with Crippen molar-refractivity contribution in [1.82, 2.24) is 10.3 Å². The highest BCUT2D eigenvalue weighted by Crippen LogP contribution is 2.19. The minimum absolute atomic E-state index is 0.00465. The molecule has 4 heteroatoms. The highest BCUT2D eigenvalue weighted by Gasteiger charge is 2.09. The van der Waals surface area contributed by atoms with Gasteiger partial charge in [0.2, 0.25) is 5.91 Å². The molecule has 1 aromatic heterocycles. The molecule has 0 aliphatic rings. The number of aryl methyl sites for hydroxylation is 1. The van der Waals surface area contributed by atoms with Crippen LogP contribution in [0, 0.1) is 0 Å². The molecule has 108 valence electrons. The fourth-order valence-corrected chi connectivity index (χ4v) is 2.35. The smallest absolute Gasteiger partial charge is 0.220 e. The minimum atomic E-state index is -0.115. The van der Waals surface area contributed by atoms with E-state index in [0.29, 0.717) is 6.42 Å². The summed E-state index contributed by atoms with van der Waals surface area (Å²) >= 11 is 0. The molecule has 0 aliphatic carbocycles. The summed E-state index contributed by atoms with van der Waals surface area (Å²) in [5.74, 6) is 0.0192. The third kappa shape index (κ3) is 3.61. The van der Waals surface area contributed by atoms with E-state index in [9.17, 15) is 4.79 Å². The molecule has 4 nitrogen and oxygen atoms in total. The largest absolute Gasteiger partial charge is 0.394 e. The summed E-state index contributed by atoms with van der Waals surface area (Å²) in [6.07, 6.45) is 4.97. The Morgan fingerprint density at radius 3 is 2.95 bits per heavy atom. The van der Waals surface area contributed by atoms with E-state index in [0.717, 1.165) is 24.8 Å². The molecule has 0 spiro atoms. The quantitative estimate of drug-likeness (QED) is 0.725. The van der Waals surface area contributed by atoms with Crippen LogP contribution in [0.3, 0.4) is 0 Å². The van der Waals surface area contributed by atoms with E-state index in [1.54, 1.807) is 0 Å². The van der Waals surface area contributed by atoms with Gasteiger partial charge in [0.15, 0.2) is 0 Å². The molecule has 1 atom stereocenters. The van der Waals surface area contributed by atoms with Crippen molar-refractivity contribution in [3.63, 3.8) is 0 Å². The summed E-state index contributed by atoms with van der Waals surface area (Å²) in [6.45, 7) is 1.96. The number of benzene rings is 1. The maximum Gasteiger partial charge on any atom is 0.220 e. The lowest BCUT2D eigenvalue weighted by Crippen LogP contribution is -2.36. The van der Waals surface area contributed by atoms with Gasteiger partial charge >= 0.3 is 0 Å². The molecule has 0 bridgehead atoms. The summed E-state index contributed by atoms with van der Waals surface area (Å²) in [6, 6.07) is 8.07. The predicted molar refractivity (Wildman–Crippen MR) is 80.5 cm³/mol. The minimum Gasteiger partial charge on any atom is -0.394 e. The zero-order valence-corrected chi connectivity index (χ0v) is 11.9. The van der Waals surface area contributed by atoms with Crippen LogP contribution in [0.4, 0.5) is 0 Å². The van der Waals surface area contributed by atoms with E-state index >= 15 is 0 Å². The van der Waals surface area contributed by atoms with Gasteiger partial charge in [0.25, 0.3) is 0 Å². The average Bonchev–Trinajstić information content (AvgIpc) is 2.88. The number of hydrogen-bond acceptors (Lipinski definition) is 2. The number of aliphatic hydroxyl groups excluding tert-OH is 1. The van der Waals surface area contributed by atoms with Gasteiger partial charge in [0.05, 0.1) is 12.6 Å². The van der Waals surface area contributed by atoms with Crippen LogP contribution in [0.1, 0.15) is 31.7 Å². The Hall–Kier alpha value is -1.81. The number of hydrogen-bond donors (Lipinski definition) is 3. The predicted octanol–water partition coefficient (Wildman–Crippen LogP) is 2.38. The number of aliphatic hydroxyl groups is 1. The fourth-order valence-electron chi connectivity index (χ4n) is 2.35. The Balaban J connectivity index is 1.82. The number of carbonyl (C=O) groups excluding carboxylic acids is 1. The van der Waals surface area contributed by atoms with Crippen molar-refractivity contribution in [2.75, 3.05) is 6.61 Å². The van der Waals surface area contributed by atoms with Crippen LogP contribution < -0.4 is 5.32 Å². The van der Waals surface area contributed by atoms with Gasteiger partial charge in [-0.1, -0.05) is 25.1 Å².